The van der Waals surface area contributed by atoms with Crippen molar-refractivity contribution in [3.05, 3.63) is 24.3 Å². The Kier molecular flexibility index (Phi) is 9.17. The fourth-order valence-electron chi connectivity index (χ4n) is 3.77. The summed E-state index contributed by atoms with van der Waals surface area (Å²) < 4.78 is 41.1. The Balaban J connectivity index is 0.00000196. The molecule has 3 N–H and O–H groups in total. The number of hydrogen-bond donors (Lipinski definition) is 2. The predicted octanol–water partition coefficient (Wildman–Crippen LogP) is 3.64. The van der Waals surface area contributed by atoms with Crippen LogP contribution in [0.1, 0.15) is 32.1 Å². The normalized spacial score (nSPS) is 24.7. The van der Waals surface area contributed by atoms with Gasteiger partial charge in [-0.25, -0.2) is 0 Å². The number of alkyl halides is 3. The van der Waals surface area contributed by atoms with E-state index >= 15 is 0 Å². The second-order valence-electron chi connectivity index (χ2n) is 7.11. The maximum atomic E-state index is 12.4. The minimum atomic E-state index is -4.71. The number of rotatable bonds is 4. The summed E-state index contributed by atoms with van der Waals surface area (Å²) >= 11 is 0. The van der Waals surface area contributed by atoms with Crippen LogP contribution in [0, 0.1) is 5.92 Å². The molecule has 1 saturated carbocycles. The Hall–Kier alpha value is -1.38. The minimum Gasteiger partial charge on any atom is -0.406 e. The molecule has 1 aliphatic carbocycles. The number of amides is 1. The molecule has 1 aromatic rings. The smallest absolute Gasteiger partial charge is 0.406 e. The summed E-state index contributed by atoms with van der Waals surface area (Å²) in [4.78, 5) is 14.4. The number of carbonyl (C=O) groups is 1. The fraction of sp³-hybridized carbons (Fsp3) is 0.611. The average Bonchev–Trinajstić information content (AvgIpc) is 3.02. The summed E-state index contributed by atoms with van der Waals surface area (Å²) in [5, 5.41) is 3.07. The van der Waals surface area contributed by atoms with Crippen LogP contribution < -0.4 is 20.7 Å². The van der Waals surface area contributed by atoms with Crippen LogP contribution in [-0.4, -0.2) is 37.4 Å². The van der Waals surface area contributed by atoms with Gasteiger partial charge in [-0.05, 0) is 37.8 Å². The van der Waals surface area contributed by atoms with Crippen molar-refractivity contribution >= 4 is 36.4 Å². The number of ether oxygens (including phenoxy) is 1. The van der Waals surface area contributed by atoms with E-state index in [0.717, 1.165) is 32.1 Å². The Morgan fingerprint density at radius 2 is 1.96 bits per heavy atom. The summed E-state index contributed by atoms with van der Waals surface area (Å²) in [6.45, 7) is 1.24. The molecule has 0 radical (unpaired) electrons. The molecule has 3 atom stereocenters. The van der Waals surface area contributed by atoms with E-state index in [9.17, 15) is 18.0 Å². The molecule has 3 rings (SSSR count). The molecule has 10 heteroatoms. The van der Waals surface area contributed by atoms with Gasteiger partial charge in [0.1, 0.15) is 5.75 Å². The van der Waals surface area contributed by atoms with Gasteiger partial charge in [-0.3, -0.25) is 4.79 Å². The lowest BCUT2D eigenvalue weighted by Crippen LogP contribution is -2.43. The van der Waals surface area contributed by atoms with E-state index < -0.39 is 6.36 Å². The third kappa shape index (κ3) is 6.90. The van der Waals surface area contributed by atoms with Crippen molar-refractivity contribution in [2.24, 2.45) is 11.7 Å². The predicted molar refractivity (Wildman–Crippen MR) is 106 cm³/mol. The first-order valence-electron chi connectivity index (χ1n) is 8.97. The van der Waals surface area contributed by atoms with E-state index in [0.29, 0.717) is 18.8 Å². The molecule has 1 aliphatic heterocycles. The van der Waals surface area contributed by atoms with Gasteiger partial charge in [0.2, 0.25) is 5.91 Å². The zero-order valence-electron chi connectivity index (χ0n) is 15.3. The fourth-order valence-corrected chi connectivity index (χ4v) is 3.77. The molecule has 2 fully saturated rings. The molecule has 0 spiro atoms. The molecular formula is C18H26Cl2F3N3O2. The maximum Gasteiger partial charge on any atom is 0.573 e. The van der Waals surface area contributed by atoms with Crippen LogP contribution >= 0.6 is 24.8 Å². The van der Waals surface area contributed by atoms with Gasteiger partial charge < -0.3 is 20.7 Å². The summed E-state index contributed by atoms with van der Waals surface area (Å²) in [5.41, 5.74) is 6.60. The molecule has 0 aromatic heterocycles. The van der Waals surface area contributed by atoms with Crippen LogP contribution in [-0.2, 0) is 4.79 Å². The number of benzene rings is 1. The standard InChI is InChI=1S/C18H24F3N3O2.2ClH/c19-18(20,21)26-16-6-2-5-15(10-16)24-8-7-14(11-24)23-17(25)12-3-1-4-13(22)9-12;;/h2,5-6,10,12-14H,1,3-4,7-9,11,22H2,(H,23,25);2*1H. The first kappa shape index (κ1) is 24.7. The van der Waals surface area contributed by atoms with Gasteiger partial charge in [-0.2, -0.15) is 0 Å². The Labute approximate surface area is 175 Å². The van der Waals surface area contributed by atoms with Gasteiger partial charge in [0.05, 0.1) is 0 Å². The highest BCUT2D eigenvalue weighted by molar-refractivity contribution is 5.85. The molecule has 1 amide bonds. The van der Waals surface area contributed by atoms with Crippen molar-refractivity contribution in [1.29, 1.82) is 0 Å². The lowest BCUT2D eigenvalue weighted by molar-refractivity contribution is -0.274. The third-order valence-corrected chi connectivity index (χ3v) is 5.04. The average molecular weight is 444 g/mol. The molecule has 1 aromatic carbocycles. The largest absolute Gasteiger partial charge is 0.573 e. The maximum absolute atomic E-state index is 12.4. The molecular weight excluding hydrogens is 418 g/mol. The zero-order chi connectivity index (χ0) is 18.7. The van der Waals surface area contributed by atoms with Gasteiger partial charge >= 0.3 is 6.36 Å². The van der Waals surface area contributed by atoms with Gasteiger partial charge in [0.25, 0.3) is 0 Å². The van der Waals surface area contributed by atoms with E-state index in [1.807, 2.05) is 4.90 Å². The van der Waals surface area contributed by atoms with Gasteiger partial charge in [0.15, 0.2) is 0 Å². The van der Waals surface area contributed by atoms with E-state index in [1.165, 1.54) is 18.2 Å². The molecule has 1 saturated heterocycles. The van der Waals surface area contributed by atoms with Crippen molar-refractivity contribution in [1.82, 2.24) is 5.32 Å². The Morgan fingerprint density at radius 1 is 1.21 bits per heavy atom. The highest BCUT2D eigenvalue weighted by Gasteiger charge is 2.32. The van der Waals surface area contributed by atoms with E-state index in [-0.39, 0.29) is 54.5 Å². The number of nitrogens with two attached hydrogens (primary N) is 1. The SMILES string of the molecule is Cl.Cl.NC1CCCC(C(=O)NC2CCN(c3cccc(OC(F)(F)F)c3)C2)C1. The number of nitrogens with one attached hydrogen (secondary N) is 1. The molecule has 1 heterocycles. The van der Waals surface area contributed by atoms with Crippen LogP contribution in [0.3, 0.4) is 0 Å². The molecule has 28 heavy (non-hydrogen) atoms. The van der Waals surface area contributed by atoms with E-state index in [1.54, 1.807) is 6.07 Å². The molecule has 5 nitrogen and oxygen atoms in total. The lowest BCUT2D eigenvalue weighted by Gasteiger charge is -2.27. The lowest BCUT2D eigenvalue weighted by atomic mass is 9.85. The minimum absolute atomic E-state index is 0. The summed E-state index contributed by atoms with van der Waals surface area (Å²) in [6, 6.07) is 6.01. The van der Waals surface area contributed by atoms with Gasteiger partial charge in [0, 0.05) is 42.8 Å². The van der Waals surface area contributed by atoms with Gasteiger partial charge in [-0.15, -0.1) is 38.0 Å². The second-order valence-corrected chi connectivity index (χ2v) is 7.11. The Bertz CT molecular complexity index is 649. The van der Waals surface area contributed by atoms with Crippen LogP contribution in [0.4, 0.5) is 18.9 Å². The first-order chi connectivity index (χ1) is 12.3. The van der Waals surface area contributed by atoms with E-state index in [4.69, 9.17) is 5.73 Å². The zero-order valence-corrected chi connectivity index (χ0v) is 16.9. The number of hydrogen-bond acceptors (Lipinski definition) is 4. The third-order valence-electron chi connectivity index (χ3n) is 5.04. The van der Waals surface area contributed by atoms with Crippen LogP contribution in [0.5, 0.6) is 5.75 Å². The van der Waals surface area contributed by atoms with Gasteiger partial charge in [-0.1, -0.05) is 12.5 Å². The number of halogens is 5. The van der Waals surface area contributed by atoms with Crippen LogP contribution in [0.2, 0.25) is 0 Å². The van der Waals surface area contributed by atoms with Crippen molar-refractivity contribution < 1.29 is 22.7 Å². The number of nitrogens with zero attached hydrogens (tertiary/aromatic N) is 1. The van der Waals surface area contributed by atoms with Crippen molar-refractivity contribution in [2.45, 2.75) is 50.6 Å². The highest BCUT2D eigenvalue weighted by Crippen LogP contribution is 2.29. The van der Waals surface area contributed by atoms with Crippen molar-refractivity contribution in [3.8, 4) is 5.75 Å². The molecule has 3 unspecified atom stereocenters. The van der Waals surface area contributed by atoms with Crippen molar-refractivity contribution in [2.75, 3.05) is 18.0 Å². The highest BCUT2D eigenvalue weighted by atomic mass is 35.5. The summed E-state index contributed by atoms with van der Waals surface area (Å²) in [7, 11) is 0. The van der Waals surface area contributed by atoms with Crippen molar-refractivity contribution in [3.63, 3.8) is 0 Å². The monoisotopic (exact) mass is 443 g/mol. The molecule has 0 bridgehead atoms. The topological polar surface area (TPSA) is 67.6 Å². The van der Waals surface area contributed by atoms with Crippen LogP contribution in [0.15, 0.2) is 24.3 Å². The van der Waals surface area contributed by atoms with Crippen LogP contribution in [0.25, 0.3) is 0 Å². The second kappa shape index (κ2) is 10.4. The van der Waals surface area contributed by atoms with E-state index in [2.05, 4.69) is 10.1 Å². The summed E-state index contributed by atoms with van der Waals surface area (Å²) in [6.07, 6.45) is -0.416. The number of anilines is 1. The Morgan fingerprint density at radius 3 is 2.64 bits per heavy atom. The molecule has 2 aliphatic rings. The quantitative estimate of drug-likeness (QED) is 0.745. The number of carbonyl (C=O) groups excluding carboxylic acids is 1. The first-order valence-corrected chi connectivity index (χ1v) is 8.97. The molecule has 160 valence electrons. The summed E-state index contributed by atoms with van der Waals surface area (Å²) in [5.74, 6) is -0.226.